The summed E-state index contributed by atoms with van der Waals surface area (Å²) in [4.78, 5) is 31.4. The predicted molar refractivity (Wildman–Crippen MR) is 133 cm³/mol. The highest BCUT2D eigenvalue weighted by molar-refractivity contribution is 9.10. The van der Waals surface area contributed by atoms with Crippen LogP contribution in [0.1, 0.15) is 38.1 Å². The van der Waals surface area contributed by atoms with Crippen molar-refractivity contribution in [1.29, 1.82) is 0 Å². The number of nitrogens with zero attached hydrogens (tertiary/aromatic N) is 1. The first-order valence-corrected chi connectivity index (χ1v) is 11.7. The molecule has 0 unspecified atom stereocenters. The molecule has 162 valence electrons. The summed E-state index contributed by atoms with van der Waals surface area (Å²) in [6.45, 7) is 4.02. The number of methoxy groups -OCH3 is 1. The first kappa shape index (κ1) is 22.2. The highest BCUT2D eigenvalue weighted by Crippen LogP contribution is 2.32. The third-order valence-electron chi connectivity index (χ3n) is 5.09. The number of pyridine rings is 1. The van der Waals surface area contributed by atoms with E-state index in [1.54, 1.807) is 12.1 Å². The van der Waals surface area contributed by atoms with Crippen LogP contribution in [-0.2, 0) is 11.2 Å². The smallest absolute Gasteiger partial charge is 0.340 e. The van der Waals surface area contributed by atoms with Gasteiger partial charge in [-0.1, -0.05) is 46.6 Å². The van der Waals surface area contributed by atoms with Crippen LogP contribution in [0.25, 0.3) is 22.2 Å². The Labute approximate surface area is 198 Å². The van der Waals surface area contributed by atoms with Gasteiger partial charge in [0.15, 0.2) is 0 Å². The second-order valence-corrected chi connectivity index (χ2v) is 9.39. The molecule has 0 saturated carbocycles. The monoisotopic (exact) mass is 508 g/mol. The Hall–Kier alpha value is -3.03. The number of carbonyl (C=O) groups is 2. The maximum absolute atomic E-state index is 13.5. The van der Waals surface area contributed by atoms with Crippen LogP contribution in [0.2, 0.25) is 0 Å². The largest absolute Gasteiger partial charge is 0.465 e. The van der Waals surface area contributed by atoms with Crippen molar-refractivity contribution in [2.45, 2.75) is 20.3 Å². The highest BCUT2D eigenvalue weighted by atomic mass is 79.9. The van der Waals surface area contributed by atoms with Crippen LogP contribution in [0.4, 0.5) is 5.00 Å². The van der Waals surface area contributed by atoms with Gasteiger partial charge in [-0.25, -0.2) is 9.78 Å². The van der Waals surface area contributed by atoms with E-state index in [9.17, 15) is 9.59 Å². The number of anilines is 1. The van der Waals surface area contributed by atoms with Crippen molar-refractivity contribution in [2.75, 3.05) is 12.4 Å². The third-order valence-corrected chi connectivity index (χ3v) is 6.78. The number of thiophene rings is 1. The highest BCUT2D eigenvalue weighted by Gasteiger charge is 2.21. The molecule has 0 aliphatic heterocycles. The molecule has 0 aliphatic carbocycles. The van der Waals surface area contributed by atoms with Gasteiger partial charge in [0.2, 0.25) is 0 Å². The molecule has 1 amide bonds. The van der Waals surface area contributed by atoms with Gasteiger partial charge in [-0.3, -0.25) is 4.79 Å². The molecule has 32 heavy (non-hydrogen) atoms. The van der Waals surface area contributed by atoms with E-state index < -0.39 is 5.97 Å². The number of carbonyl (C=O) groups excluding carboxylic acids is 2. The van der Waals surface area contributed by atoms with E-state index >= 15 is 0 Å². The number of hydrogen-bond acceptors (Lipinski definition) is 5. The zero-order valence-corrected chi connectivity index (χ0v) is 20.3. The van der Waals surface area contributed by atoms with Crippen LogP contribution in [0.3, 0.4) is 0 Å². The molecule has 0 radical (unpaired) electrons. The number of aryl methyl sites for hydroxylation is 2. The number of halogens is 1. The minimum absolute atomic E-state index is 0.306. The summed E-state index contributed by atoms with van der Waals surface area (Å²) in [7, 11) is 1.33. The molecular weight excluding hydrogens is 488 g/mol. The number of ether oxygens (including phenoxy) is 1. The van der Waals surface area contributed by atoms with Crippen molar-refractivity contribution in [3.8, 4) is 11.3 Å². The minimum Gasteiger partial charge on any atom is -0.465 e. The van der Waals surface area contributed by atoms with Gasteiger partial charge in [0.1, 0.15) is 5.00 Å². The Kier molecular flexibility index (Phi) is 6.39. The van der Waals surface area contributed by atoms with Crippen molar-refractivity contribution in [1.82, 2.24) is 4.98 Å². The second kappa shape index (κ2) is 9.22. The Bertz CT molecular complexity index is 1350. The van der Waals surface area contributed by atoms with Crippen LogP contribution < -0.4 is 5.32 Å². The van der Waals surface area contributed by atoms with E-state index in [1.807, 2.05) is 56.3 Å². The summed E-state index contributed by atoms with van der Waals surface area (Å²) in [5.74, 6) is -0.780. The van der Waals surface area contributed by atoms with E-state index in [2.05, 4.69) is 21.2 Å². The topological polar surface area (TPSA) is 68.3 Å². The van der Waals surface area contributed by atoms with Crippen molar-refractivity contribution in [2.24, 2.45) is 0 Å². The summed E-state index contributed by atoms with van der Waals surface area (Å²) < 4.78 is 5.75. The lowest BCUT2D eigenvalue weighted by Gasteiger charge is -2.11. The van der Waals surface area contributed by atoms with Crippen LogP contribution in [-0.4, -0.2) is 24.0 Å². The van der Waals surface area contributed by atoms with Gasteiger partial charge in [0, 0.05) is 20.3 Å². The molecule has 0 spiro atoms. The fraction of sp³-hybridized carbons (Fsp3) is 0.160. The SMILES string of the molecule is CCc1cc(C(=O)OC)c(NC(=O)c2cc(-c3cccc(C)c3)nc3ccc(Br)cc23)s1. The van der Waals surface area contributed by atoms with E-state index in [4.69, 9.17) is 9.72 Å². The lowest BCUT2D eigenvalue weighted by atomic mass is 10.0. The zero-order chi connectivity index (χ0) is 22.8. The van der Waals surface area contributed by atoms with Gasteiger partial charge in [-0.05, 0) is 49.7 Å². The summed E-state index contributed by atoms with van der Waals surface area (Å²) >= 11 is 4.87. The number of fused-ring (bicyclic) bond motifs is 1. The maximum Gasteiger partial charge on any atom is 0.340 e. The van der Waals surface area contributed by atoms with Gasteiger partial charge in [0.05, 0.1) is 29.4 Å². The van der Waals surface area contributed by atoms with Crippen LogP contribution in [0.5, 0.6) is 0 Å². The average molecular weight is 509 g/mol. The molecule has 1 N–H and O–H groups in total. The summed E-state index contributed by atoms with van der Waals surface area (Å²) in [5.41, 5.74) is 4.31. The minimum atomic E-state index is -0.473. The van der Waals surface area contributed by atoms with E-state index in [0.717, 1.165) is 32.3 Å². The first-order chi connectivity index (χ1) is 15.4. The van der Waals surface area contributed by atoms with E-state index in [0.29, 0.717) is 27.3 Å². The molecule has 2 aromatic carbocycles. The lowest BCUT2D eigenvalue weighted by Crippen LogP contribution is -2.14. The van der Waals surface area contributed by atoms with Crippen LogP contribution in [0.15, 0.2) is 59.1 Å². The zero-order valence-electron chi connectivity index (χ0n) is 17.9. The number of aromatic nitrogens is 1. The fourth-order valence-corrected chi connectivity index (χ4v) is 4.82. The molecular formula is C25H21BrN2O3S. The fourth-order valence-electron chi connectivity index (χ4n) is 3.48. The van der Waals surface area contributed by atoms with Gasteiger partial charge in [-0.2, -0.15) is 0 Å². The average Bonchev–Trinajstić information content (AvgIpc) is 3.20. The van der Waals surface area contributed by atoms with Crippen molar-refractivity contribution in [3.05, 3.63) is 80.6 Å². The molecule has 0 aliphatic rings. The Morgan fingerprint density at radius 1 is 1.09 bits per heavy atom. The maximum atomic E-state index is 13.5. The molecule has 4 rings (SSSR count). The number of hydrogen-bond donors (Lipinski definition) is 1. The molecule has 4 aromatic rings. The quantitative estimate of drug-likeness (QED) is 0.307. The van der Waals surface area contributed by atoms with Crippen molar-refractivity contribution >= 4 is 55.0 Å². The molecule has 7 heteroatoms. The molecule has 2 heterocycles. The molecule has 0 bridgehead atoms. The van der Waals surface area contributed by atoms with Crippen molar-refractivity contribution < 1.29 is 14.3 Å². The lowest BCUT2D eigenvalue weighted by molar-refractivity contribution is 0.0602. The predicted octanol–water partition coefficient (Wildman–Crippen LogP) is 6.64. The summed E-state index contributed by atoms with van der Waals surface area (Å²) in [6.07, 6.45) is 0.757. The number of amides is 1. The Balaban J connectivity index is 1.83. The molecule has 5 nitrogen and oxygen atoms in total. The standard InChI is InChI=1S/C25H21BrN2O3S/c1-4-17-12-20(25(30)31-3)24(32-17)28-23(29)19-13-22(15-7-5-6-14(2)10-15)27-21-9-8-16(26)11-18(19)21/h5-13H,4H2,1-3H3,(H,28,29). The van der Waals surface area contributed by atoms with E-state index in [1.165, 1.54) is 18.4 Å². The first-order valence-electron chi connectivity index (χ1n) is 10.1. The van der Waals surface area contributed by atoms with Crippen LogP contribution in [0, 0.1) is 6.92 Å². The molecule has 0 atom stereocenters. The molecule has 2 aromatic heterocycles. The number of rotatable bonds is 5. The normalized spacial score (nSPS) is 10.9. The van der Waals surface area contributed by atoms with Gasteiger partial charge >= 0.3 is 5.97 Å². The molecule has 0 fully saturated rings. The second-order valence-electron chi connectivity index (χ2n) is 7.34. The van der Waals surface area contributed by atoms with Gasteiger partial charge < -0.3 is 10.1 Å². The number of esters is 1. The summed E-state index contributed by atoms with van der Waals surface area (Å²) in [5, 5.41) is 4.14. The number of benzene rings is 2. The number of nitrogens with one attached hydrogen (secondary N) is 1. The van der Waals surface area contributed by atoms with Crippen molar-refractivity contribution in [3.63, 3.8) is 0 Å². The van der Waals surface area contributed by atoms with Crippen LogP contribution >= 0.6 is 27.3 Å². The third kappa shape index (κ3) is 4.45. The van der Waals surface area contributed by atoms with Gasteiger partial charge in [-0.15, -0.1) is 11.3 Å². The molecule has 0 saturated heterocycles. The van der Waals surface area contributed by atoms with E-state index in [-0.39, 0.29) is 5.91 Å². The Morgan fingerprint density at radius 3 is 2.62 bits per heavy atom. The summed E-state index contributed by atoms with van der Waals surface area (Å²) in [6, 6.07) is 17.2. The Morgan fingerprint density at radius 2 is 1.91 bits per heavy atom. The van der Waals surface area contributed by atoms with Gasteiger partial charge in [0.25, 0.3) is 5.91 Å².